The Labute approximate surface area is 298 Å². The maximum absolute atomic E-state index is 2.44. The van der Waals surface area contributed by atoms with Gasteiger partial charge in [0, 0.05) is 53.1 Å². The molecule has 0 aliphatic carbocycles. The normalized spacial score (nSPS) is 11.9. The molecular weight excluding hydrogens is 637 g/mol. The van der Waals surface area contributed by atoms with Gasteiger partial charge in [0.2, 0.25) is 0 Å². The molecule has 238 valence electrons. The van der Waals surface area contributed by atoms with Crippen LogP contribution < -0.4 is 0 Å². The summed E-state index contributed by atoms with van der Waals surface area (Å²) in [4.78, 5) is 0. The molecule has 0 unspecified atom stereocenters. The summed E-state index contributed by atoms with van der Waals surface area (Å²) in [5.41, 5.74) is 12.1. The third-order valence-electron chi connectivity index (χ3n) is 10.5. The topological polar surface area (TPSA) is 9.86 Å². The lowest BCUT2D eigenvalue weighted by Gasteiger charge is -2.11. The summed E-state index contributed by atoms with van der Waals surface area (Å²) in [6.07, 6.45) is 0. The Hall–Kier alpha value is -6.42. The van der Waals surface area contributed by atoms with Crippen molar-refractivity contribution in [1.82, 2.24) is 9.13 Å². The van der Waals surface area contributed by atoms with E-state index in [1.807, 2.05) is 11.3 Å². The number of para-hydroxylation sites is 2. The van der Waals surface area contributed by atoms with Crippen LogP contribution in [0.3, 0.4) is 0 Å². The fourth-order valence-electron chi connectivity index (χ4n) is 8.15. The lowest BCUT2D eigenvalue weighted by Crippen LogP contribution is -1.94. The molecule has 3 heterocycles. The van der Waals surface area contributed by atoms with E-state index in [0.29, 0.717) is 0 Å². The van der Waals surface area contributed by atoms with Crippen LogP contribution in [-0.4, -0.2) is 9.13 Å². The SMILES string of the molecule is c1ccc(-c2ccc3c(c2)c2ccccc2n3-c2ccc(-c3ccc4c5ccccc5n(-c5ccc6sc7ccccc7c6c5)c4c3)cc2)cc1. The summed E-state index contributed by atoms with van der Waals surface area (Å²) in [6, 6.07) is 66.7. The van der Waals surface area contributed by atoms with E-state index in [1.54, 1.807) is 0 Å². The van der Waals surface area contributed by atoms with E-state index < -0.39 is 0 Å². The molecule has 3 aromatic heterocycles. The molecule has 0 aliphatic rings. The third kappa shape index (κ3) is 4.35. The van der Waals surface area contributed by atoms with Crippen LogP contribution in [0, 0.1) is 0 Å². The van der Waals surface area contributed by atoms with Gasteiger partial charge >= 0.3 is 0 Å². The van der Waals surface area contributed by atoms with E-state index in [9.17, 15) is 0 Å². The van der Waals surface area contributed by atoms with Crippen molar-refractivity contribution in [2.75, 3.05) is 0 Å². The second-order valence-corrected chi connectivity index (χ2v) is 14.4. The van der Waals surface area contributed by atoms with Gasteiger partial charge in [0.15, 0.2) is 0 Å². The Kier molecular flexibility index (Phi) is 6.16. The van der Waals surface area contributed by atoms with E-state index in [2.05, 4.69) is 191 Å². The van der Waals surface area contributed by atoms with Crippen LogP contribution >= 0.6 is 11.3 Å². The van der Waals surface area contributed by atoms with Gasteiger partial charge in [-0.15, -0.1) is 11.3 Å². The molecule has 0 radical (unpaired) electrons. The Morgan fingerprint density at radius 1 is 0.275 bits per heavy atom. The minimum Gasteiger partial charge on any atom is -0.309 e. The fourth-order valence-corrected chi connectivity index (χ4v) is 9.23. The average molecular weight is 667 g/mol. The molecule has 11 rings (SSSR count). The van der Waals surface area contributed by atoms with Crippen molar-refractivity contribution in [2.24, 2.45) is 0 Å². The smallest absolute Gasteiger partial charge is 0.0547 e. The van der Waals surface area contributed by atoms with Gasteiger partial charge in [-0.2, -0.15) is 0 Å². The Balaban J connectivity index is 1.04. The monoisotopic (exact) mass is 666 g/mol. The van der Waals surface area contributed by atoms with Crippen molar-refractivity contribution in [3.8, 4) is 33.6 Å². The van der Waals surface area contributed by atoms with Gasteiger partial charge in [-0.25, -0.2) is 0 Å². The highest BCUT2D eigenvalue weighted by Gasteiger charge is 2.16. The zero-order chi connectivity index (χ0) is 33.5. The fraction of sp³-hybridized carbons (Fsp3) is 0. The Bertz CT molecular complexity index is 3120. The number of nitrogens with zero attached hydrogens (tertiary/aromatic N) is 2. The van der Waals surface area contributed by atoms with E-state index in [1.165, 1.54) is 91.7 Å². The number of fused-ring (bicyclic) bond motifs is 9. The van der Waals surface area contributed by atoms with Gasteiger partial charge in [-0.05, 0) is 89.0 Å². The number of rotatable bonds is 4. The van der Waals surface area contributed by atoms with Crippen LogP contribution in [0.4, 0.5) is 0 Å². The van der Waals surface area contributed by atoms with Gasteiger partial charge in [-0.3, -0.25) is 0 Å². The number of benzene rings is 8. The van der Waals surface area contributed by atoms with Gasteiger partial charge in [0.25, 0.3) is 0 Å². The van der Waals surface area contributed by atoms with Gasteiger partial charge < -0.3 is 9.13 Å². The standard InChI is InChI=1S/C48H30N2S/c1-2-10-31(11-3-1)33-21-26-45-41(28-33)38-13-5-8-16-44(38)49(45)35-22-18-32(19-23-35)34-20-25-39-37-12-4-7-15-43(37)50(46(39)29-34)36-24-27-48-42(30-36)40-14-6-9-17-47(40)51-48/h1-30H. The average Bonchev–Trinajstić information content (AvgIpc) is 3.85. The first-order valence-electron chi connectivity index (χ1n) is 17.4. The minimum absolute atomic E-state index is 1.16. The predicted molar refractivity (Wildman–Crippen MR) is 219 cm³/mol. The molecule has 51 heavy (non-hydrogen) atoms. The number of thiophene rings is 1. The summed E-state index contributed by atoms with van der Waals surface area (Å²) in [5.74, 6) is 0. The van der Waals surface area contributed by atoms with E-state index in [0.717, 1.165) is 5.69 Å². The lowest BCUT2D eigenvalue weighted by atomic mass is 10.0. The van der Waals surface area contributed by atoms with E-state index in [-0.39, 0.29) is 0 Å². The first-order valence-corrected chi connectivity index (χ1v) is 18.2. The Morgan fingerprint density at radius 2 is 0.804 bits per heavy atom. The zero-order valence-electron chi connectivity index (χ0n) is 27.6. The predicted octanol–water partition coefficient (Wildman–Crippen LogP) is 13.6. The maximum atomic E-state index is 2.44. The van der Waals surface area contributed by atoms with Crippen LogP contribution in [0.2, 0.25) is 0 Å². The Morgan fingerprint density at radius 3 is 1.61 bits per heavy atom. The first kappa shape index (κ1) is 28.4. The van der Waals surface area contributed by atoms with E-state index in [4.69, 9.17) is 0 Å². The van der Waals surface area contributed by atoms with Crippen molar-refractivity contribution < 1.29 is 0 Å². The summed E-state index contributed by atoms with van der Waals surface area (Å²) >= 11 is 1.86. The van der Waals surface area contributed by atoms with Crippen molar-refractivity contribution in [1.29, 1.82) is 0 Å². The highest BCUT2D eigenvalue weighted by Crippen LogP contribution is 2.40. The number of aromatic nitrogens is 2. The molecule has 0 saturated carbocycles. The molecule has 8 aromatic carbocycles. The second-order valence-electron chi connectivity index (χ2n) is 13.4. The van der Waals surface area contributed by atoms with Crippen molar-refractivity contribution in [2.45, 2.75) is 0 Å². The molecule has 0 saturated heterocycles. The molecular formula is C48H30N2S. The van der Waals surface area contributed by atoms with Crippen molar-refractivity contribution >= 4 is 75.1 Å². The van der Waals surface area contributed by atoms with Crippen LogP contribution in [0.1, 0.15) is 0 Å². The summed E-state index contributed by atoms with van der Waals surface area (Å²) in [5, 5.41) is 7.70. The van der Waals surface area contributed by atoms with Crippen molar-refractivity contribution in [3.05, 3.63) is 182 Å². The van der Waals surface area contributed by atoms with Crippen LogP contribution in [0.25, 0.3) is 97.4 Å². The number of hydrogen-bond donors (Lipinski definition) is 0. The molecule has 2 nitrogen and oxygen atoms in total. The van der Waals surface area contributed by atoms with Gasteiger partial charge in [-0.1, -0.05) is 115 Å². The highest BCUT2D eigenvalue weighted by atomic mass is 32.1. The summed E-state index contributed by atoms with van der Waals surface area (Å²) in [7, 11) is 0. The third-order valence-corrected chi connectivity index (χ3v) is 11.7. The molecule has 0 amide bonds. The molecule has 0 spiro atoms. The van der Waals surface area contributed by atoms with Crippen LogP contribution in [-0.2, 0) is 0 Å². The molecule has 0 aliphatic heterocycles. The highest BCUT2D eigenvalue weighted by molar-refractivity contribution is 7.25. The second kappa shape index (κ2) is 11.0. The first-order chi connectivity index (χ1) is 25.3. The summed E-state index contributed by atoms with van der Waals surface area (Å²) < 4.78 is 7.49. The van der Waals surface area contributed by atoms with E-state index >= 15 is 0 Å². The largest absolute Gasteiger partial charge is 0.309 e. The van der Waals surface area contributed by atoms with Crippen LogP contribution in [0.15, 0.2) is 182 Å². The number of hydrogen-bond acceptors (Lipinski definition) is 1. The quantitative estimate of drug-likeness (QED) is 0.177. The zero-order valence-corrected chi connectivity index (χ0v) is 28.4. The van der Waals surface area contributed by atoms with Gasteiger partial charge in [0.1, 0.15) is 0 Å². The minimum atomic E-state index is 1.16. The molecule has 11 aromatic rings. The molecule has 3 heteroatoms. The maximum Gasteiger partial charge on any atom is 0.0547 e. The van der Waals surface area contributed by atoms with Crippen LogP contribution in [0.5, 0.6) is 0 Å². The molecule has 0 N–H and O–H groups in total. The molecule has 0 bridgehead atoms. The lowest BCUT2D eigenvalue weighted by molar-refractivity contribution is 1.18. The molecule has 0 fully saturated rings. The van der Waals surface area contributed by atoms with Crippen molar-refractivity contribution in [3.63, 3.8) is 0 Å². The van der Waals surface area contributed by atoms with Gasteiger partial charge in [0.05, 0.1) is 22.1 Å². The summed E-state index contributed by atoms with van der Waals surface area (Å²) in [6.45, 7) is 0. The molecule has 0 atom stereocenters.